The minimum atomic E-state index is -1.11. The number of imidazole rings is 1. The second-order valence-corrected chi connectivity index (χ2v) is 4.36. The Morgan fingerprint density at radius 2 is 2.05 bits per heavy atom. The van der Waals surface area contributed by atoms with Gasteiger partial charge in [-0.25, -0.2) is 15.0 Å². The molecule has 1 aliphatic rings. The Balaban J connectivity index is 2.04. The summed E-state index contributed by atoms with van der Waals surface area (Å²) in [5.74, 6) is 0.243. The van der Waals surface area contributed by atoms with Crippen molar-refractivity contribution >= 4 is 17.0 Å². The summed E-state index contributed by atoms with van der Waals surface area (Å²) in [5.41, 5.74) is 12.0. The van der Waals surface area contributed by atoms with Gasteiger partial charge in [0.1, 0.15) is 30.2 Å². The van der Waals surface area contributed by atoms with Gasteiger partial charge in [-0.05, 0) is 0 Å². The molecule has 3 heterocycles. The van der Waals surface area contributed by atoms with E-state index in [-0.39, 0.29) is 12.4 Å². The second-order valence-electron chi connectivity index (χ2n) is 4.36. The third-order valence-electron chi connectivity index (χ3n) is 3.23. The highest BCUT2D eigenvalue weighted by atomic mass is 16.6. The summed E-state index contributed by atoms with van der Waals surface area (Å²) in [6.07, 6.45) is -0.850. The quantitative estimate of drug-likeness (QED) is 0.487. The first-order valence-corrected chi connectivity index (χ1v) is 5.78. The molecule has 9 heteroatoms. The molecular weight excluding hydrogens is 252 g/mol. The van der Waals surface area contributed by atoms with E-state index in [0.717, 1.165) is 0 Å². The average molecular weight is 266 g/mol. The summed E-state index contributed by atoms with van der Waals surface area (Å²) in [4.78, 5) is 12.0. The van der Waals surface area contributed by atoms with Crippen LogP contribution < -0.4 is 11.5 Å². The maximum Gasteiger partial charge on any atom is 0.167 e. The zero-order chi connectivity index (χ0) is 13.6. The van der Waals surface area contributed by atoms with E-state index in [2.05, 4.69) is 15.0 Å². The van der Waals surface area contributed by atoms with Gasteiger partial charge in [-0.1, -0.05) is 0 Å². The lowest BCUT2D eigenvalue weighted by Crippen LogP contribution is -2.35. The molecule has 1 saturated heterocycles. The van der Waals surface area contributed by atoms with Gasteiger partial charge in [0.05, 0.1) is 6.33 Å². The lowest BCUT2D eigenvalue weighted by atomic mass is 10.1. The molecule has 2 aromatic rings. The second kappa shape index (κ2) is 4.38. The maximum absolute atomic E-state index is 10.0. The molecule has 3 rings (SSSR count). The minimum Gasteiger partial charge on any atom is -0.387 e. The molecule has 0 aromatic carbocycles. The molecule has 6 N–H and O–H groups in total. The molecule has 0 saturated carbocycles. The molecule has 1 fully saturated rings. The molecular formula is C10H14N6O3. The highest BCUT2D eigenvalue weighted by Gasteiger charge is 2.43. The van der Waals surface area contributed by atoms with Gasteiger partial charge in [-0.2, -0.15) is 0 Å². The van der Waals surface area contributed by atoms with Gasteiger partial charge in [-0.3, -0.25) is 4.57 Å². The predicted molar refractivity (Wildman–Crippen MR) is 64.7 cm³/mol. The van der Waals surface area contributed by atoms with E-state index in [1.165, 1.54) is 17.2 Å². The Morgan fingerprint density at radius 1 is 1.26 bits per heavy atom. The van der Waals surface area contributed by atoms with Crippen molar-refractivity contribution in [2.45, 2.75) is 24.5 Å². The number of hydrogen-bond donors (Lipinski definition) is 4. The summed E-state index contributed by atoms with van der Waals surface area (Å²) in [7, 11) is 0. The van der Waals surface area contributed by atoms with E-state index in [9.17, 15) is 10.2 Å². The van der Waals surface area contributed by atoms with Crippen LogP contribution in [0.2, 0.25) is 0 Å². The topological polar surface area (TPSA) is 145 Å². The van der Waals surface area contributed by atoms with Crippen LogP contribution in [0.3, 0.4) is 0 Å². The van der Waals surface area contributed by atoms with Gasteiger partial charge in [0.15, 0.2) is 17.7 Å². The van der Waals surface area contributed by atoms with Crippen molar-refractivity contribution in [3.63, 3.8) is 0 Å². The first kappa shape index (κ1) is 12.2. The van der Waals surface area contributed by atoms with Gasteiger partial charge in [0.2, 0.25) is 0 Å². The Labute approximate surface area is 107 Å². The molecule has 2 aromatic heterocycles. The SMILES string of the molecule is NCC1OC(n2cnc3c(N)ncnc32)C(O)C1O. The fourth-order valence-electron chi connectivity index (χ4n) is 2.21. The summed E-state index contributed by atoms with van der Waals surface area (Å²) in [6, 6.07) is 0. The van der Waals surface area contributed by atoms with Crippen LogP contribution in [0.25, 0.3) is 11.2 Å². The lowest BCUT2D eigenvalue weighted by molar-refractivity contribution is -0.0322. The number of nitrogens with two attached hydrogens (primary N) is 2. The van der Waals surface area contributed by atoms with Crippen molar-refractivity contribution in [2.24, 2.45) is 5.73 Å². The highest BCUT2D eigenvalue weighted by molar-refractivity contribution is 5.81. The van der Waals surface area contributed by atoms with Crippen LogP contribution in [0.1, 0.15) is 6.23 Å². The maximum atomic E-state index is 10.0. The molecule has 102 valence electrons. The van der Waals surface area contributed by atoms with E-state index in [0.29, 0.717) is 11.2 Å². The van der Waals surface area contributed by atoms with E-state index < -0.39 is 24.5 Å². The number of aliphatic hydroxyl groups excluding tert-OH is 2. The van der Waals surface area contributed by atoms with Crippen LogP contribution in [0.5, 0.6) is 0 Å². The van der Waals surface area contributed by atoms with Crippen molar-refractivity contribution in [2.75, 3.05) is 12.3 Å². The predicted octanol–water partition coefficient (Wildman–Crippen LogP) is -2.01. The third-order valence-corrected chi connectivity index (χ3v) is 3.23. The molecule has 19 heavy (non-hydrogen) atoms. The number of nitrogens with zero attached hydrogens (tertiary/aromatic N) is 4. The van der Waals surface area contributed by atoms with E-state index >= 15 is 0 Å². The van der Waals surface area contributed by atoms with Gasteiger partial charge in [-0.15, -0.1) is 0 Å². The molecule has 0 radical (unpaired) electrons. The molecule has 9 nitrogen and oxygen atoms in total. The summed E-state index contributed by atoms with van der Waals surface area (Å²) < 4.78 is 7.04. The van der Waals surface area contributed by atoms with Crippen LogP contribution in [-0.4, -0.2) is 54.6 Å². The van der Waals surface area contributed by atoms with Crippen molar-refractivity contribution in [3.8, 4) is 0 Å². The molecule has 0 bridgehead atoms. The van der Waals surface area contributed by atoms with E-state index in [4.69, 9.17) is 16.2 Å². The number of aromatic nitrogens is 4. The largest absolute Gasteiger partial charge is 0.387 e. The third kappa shape index (κ3) is 1.75. The standard InChI is InChI=1S/C10H14N6O3/c11-1-4-6(17)7(18)10(19-4)16-3-15-5-8(12)13-2-14-9(5)16/h2-4,6-7,10,17-18H,1,11H2,(H2,12,13,14). The normalized spacial score (nSPS) is 31.1. The van der Waals surface area contributed by atoms with Crippen LogP contribution in [-0.2, 0) is 4.74 Å². The molecule has 0 aliphatic carbocycles. The summed E-state index contributed by atoms with van der Waals surface area (Å²) in [5, 5.41) is 19.8. The molecule has 0 amide bonds. The van der Waals surface area contributed by atoms with Crippen molar-refractivity contribution in [1.29, 1.82) is 0 Å². The van der Waals surface area contributed by atoms with E-state index in [1.54, 1.807) is 0 Å². The van der Waals surface area contributed by atoms with Crippen molar-refractivity contribution in [3.05, 3.63) is 12.7 Å². The van der Waals surface area contributed by atoms with Crippen LogP contribution in [0.15, 0.2) is 12.7 Å². The van der Waals surface area contributed by atoms with Gasteiger partial charge >= 0.3 is 0 Å². The molecule has 0 spiro atoms. The highest BCUT2D eigenvalue weighted by Crippen LogP contribution is 2.31. The van der Waals surface area contributed by atoms with Gasteiger partial charge < -0.3 is 26.4 Å². The molecule has 4 atom stereocenters. The first-order chi connectivity index (χ1) is 9.13. The van der Waals surface area contributed by atoms with Crippen LogP contribution in [0, 0.1) is 0 Å². The average Bonchev–Trinajstić information content (AvgIpc) is 2.94. The first-order valence-electron chi connectivity index (χ1n) is 5.78. The molecule has 4 unspecified atom stereocenters. The lowest BCUT2D eigenvalue weighted by Gasteiger charge is -2.16. The number of nitrogen functional groups attached to an aromatic ring is 1. The van der Waals surface area contributed by atoms with Crippen LogP contribution >= 0.6 is 0 Å². The fraction of sp³-hybridized carbons (Fsp3) is 0.500. The number of fused-ring (bicyclic) bond motifs is 1. The zero-order valence-corrected chi connectivity index (χ0v) is 9.92. The number of aliphatic hydroxyl groups is 2. The smallest absolute Gasteiger partial charge is 0.167 e. The van der Waals surface area contributed by atoms with Crippen molar-refractivity contribution in [1.82, 2.24) is 19.5 Å². The van der Waals surface area contributed by atoms with Gasteiger partial charge in [0, 0.05) is 6.54 Å². The van der Waals surface area contributed by atoms with Gasteiger partial charge in [0.25, 0.3) is 0 Å². The number of ether oxygens (including phenoxy) is 1. The summed E-state index contributed by atoms with van der Waals surface area (Å²) >= 11 is 0. The number of anilines is 1. The van der Waals surface area contributed by atoms with Crippen molar-refractivity contribution < 1.29 is 14.9 Å². The fourth-order valence-corrected chi connectivity index (χ4v) is 2.21. The van der Waals surface area contributed by atoms with E-state index in [1.807, 2.05) is 0 Å². The molecule has 1 aliphatic heterocycles. The number of hydrogen-bond acceptors (Lipinski definition) is 8. The Hall–Kier alpha value is -1.81. The Morgan fingerprint density at radius 3 is 2.74 bits per heavy atom. The summed E-state index contributed by atoms with van der Waals surface area (Å²) in [6.45, 7) is 0.110. The zero-order valence-electron chi connectivity index (χ0n) is 9.92. The Bertz CT molecular complexity index is 602. The van der Waals surface area contributed by atoms with Crippen LogP contribution in [0.4, 0.5) is 5.82 Å². The Kier molecular flexibility index (Phi) is 2.82. The number of rotatable bonds is 2. The monoisotopic (exact) mass is 266 g/mol. The minimum absolute atomic E-state index is 0.110.